The van der Waals surface area contributed by atoms with Gasteiger partial charge in [0, 0.05) is 37.2 Å². The summed E-state index contributed by atoms with van der Waals surface area (Å²) in [6.45, 7) is 0. The van der Waals surface area contributed by atoms with Crippen LogP contribution in [0.1, 0.15) is 0 Å². The normalized spacial score (nSPS) is 7.74. The van der Waals surface area contributed by atoms with Crippen molar-refractivity contribution in [2.75, 3.05) is 0 Å². The van der Waals surface area contributed by atoms with Crippen molar-refractivity contribution in [1.29, 1.82) is 0 Å². The number of aromatic nitrogens is 6. The van der Waals surface area contributed by atoms with Crippen LogP contribution in [0.4, 0.5) is 0 Å². The minimum atomic E-state index is -2.17. The Balaban J connectivity index is 0.000000229. The van der Waals surface area contributed by atoms with Gasteiger partial charge in [-0.15, -0.1) is 0 Å². The fourth-order valence-electron chi connectivity index (χ4n) is 0.645. The van der Waals surface area contributed by atoms with E-state index in [4.69, 9.17) is 15.1 Å². The van der Waals surface area contributed by atoms with Gasteiger partial charge in [0.15, 0.2) is 0 Å². The molecule has 0 atom stereocenters. The Morgan fingerprint density at radius 3 is 0.947 bits per heavy atom. The number of rotatable bonds is 0. The van der Waals surface area contributed by atoms with E-state index in [1.54, 1.807) is 56.2 Å². The Morgan fingerprint density at radius 2 is 0.895 bits per heavy atom. The fraction of sp³-hybridized carbons (Fsp3) is 0. The lowest BCUT2D eigenvalue weighted by Crippen LogP contribution is -2.07. The van der Waals surface area contributed by atoms with Crippen molar-refractivity contribution in [3.8, 4) is 0 Å². The zero-order valence-electron chi connectivity index (χ0n) is 9.96. The Hall–Kier alpha value is -2.43. The first-order valence-electron chi connectivity index (χ1n) is 5.06. The van der Waals surface area contributed by atoms with Gasteiger partial charge in [0.25, 0.3) is 0 Å². The van der Waals surface area contributed by atoms with E-state index in [1.165, 1.54) is 0 Å². The summed E-state index contributed by atoms with van der Waals surface area (Å²) in [5.74, 6) is 0. The third-order valence-corrected chi connectivity index (χ3v) is 1.22. The molecule has 0 aliphatic carbocycles. The van der Waals surface area contributed by atoms with Gasteiger partial charge in [0.1, 0.15) is 0 Å². The van der Waals surface area contributed by atoms with Crippen LogP contribution < -0.4 is 0 Å². The molecule has 0 bridgehead atoms. The lowest BCUT2D eigenvalue weighted by molar-refractivity contribution is 0.278. The SMILES string of the molecule is OB(O)O.c1c[nH]cn1.c1c[nH]cn1.c1c[nH]cn1. The maximum atomic E-state index is 7.17. The van der Waals surface area contributed by atoms with E-state index in [9.17, 15) is 0 Å². The first-order valence-corrected chi connectivity index (χ1v) is 5.06. The molecule has 10 heteroatoms. The average molecular weight is 266 g/mol. The molecule has 19 heavy (non-hydrogen) atoms. The number of hydrogen-bond acceptors (Lipinski definition) is 6. The smallest absolute Gasteiger partial charge is 0.402 e. The van der Waals surface area contributed by atoms with Crippen molar-refractivity contribution >= 4 is 7.32 Å². The number of imidazole rings is 3. The number of aromatic amines is 3. The van der Waals surface area contributed by atoms with E-state index < -0.39 is 7.32 Å². The second-order valence-electron chi connectivity index (χ2n) is 2.63. The standard InChI is InChI=1S/3C3H4N2.BH3O3/c3*1-2-5-3-4-1;2-1(3)4/h3*1-3H,(H,4,5);2-4H. The number of hydrogen-bond donors (Lipinski definition) is 6. The summed E-state index contributed by atoms with van der Waals surface area (Å²) in [5.41, 5.74) is 0. The van der Waals surface area contributed by atoms with Crippen LogP contribution in [-0.4, -0.2) is 52.3 Å². The lowest BCUT2D eigenvalue weighted by Gasteiger charge is -1.69. The summed E-state index contributed by atoms with van der Waals surface area (Å²) in [5, 5.41) is 21.5. The second kappa shape index (κ2) is 13.6. The van der Waals surface area contributed by atoms with Crippen molar-refractivity contribution in [1.82, 2.24) is 29.9 Å². The molecule has 9 nitrogen and oxygen atoms in total. The van der Waals surface area contributed by atoms with E-state index in [0.717, 1.165) is 0 Å². The summed E-state index contributed by atoms with van der Waals surface area (Å²) in [6.07, 6.45) is 15.2. The number of H-pyrrole nitrogens is 3. The van der Waals surface area contributed by atoms with Gasteiger partial charge < -0.3 is 30.0 Å². The molecule has 0 aliphatic heterocycles. The Bertz CT molecular complexity index is 300. The summed E-state index contributed by atoms with van der Waals surface area (Å²) in [6, 6.07) is 0. The molecule has 0 aromatic carbocycles. The molecule has 0 fully saturated rings. The molecule has 102 valence electrons. The Labute approximate surface area is 109 Å². The van der Waals surface area contributed by atoms with Gasteiger partial charge in [-0.2, -0.15) is 0 Å². The lowest BCUT2D eigenvalue weighted by atomic mass is 10.3. The second-order valence-corrected chi connectivity index (χ2v) is 2.63. The third kappa shape index (κ3) is 18.2. The summed E-state index contributed by atoms with van der Waals surface area (Å²) >= 11 is 0. The van der Waals surface area contributed by atoms with E-state index in [1.807, 2.05) is 0 Å². The minimum Gasteiger partial charge on any atom is -0.402 e. The van der Waals surface area contributed by atoms with Crippen LogP contribution >= 0.6 is 0 Å². The molecule has 0 unspecified atom stereocenters. The largest absolute Gasteiger partial charge is 0.631 e. The third-order valence-electron chi connectivity index (χ3n) is 1.22. The highest BCUT2D eigenvalue weighted by Crippen LogP contribution is 1.63. The van der Waals surface area contributed by atoms with Gasteiger partial charge in [0.05, 0.1) is 19.0 Å². The van der Waals surface area contributed by atoms with Crippen molar-refractivity contribution < 1.29 is 15.1 Å². The van der Waals surface area contributed by atoms with Gasteiger partial charge in [-0.05, 0) is 0 Å². The zero-order valence-corrected chi connectivity index (χ0v) is 9.96. The fourth-order valence-corrected chi connectivity index (χ4v) is 0.645. The molecule has 0 saturated carbocycles. The predicted molar refractivity (Wildman–Crippen MR) is 68.2 cm³/mol. The molecule has 3 aromatic rings. The predicted octanol–water partition coefficient (Wildman–Crippen LogP) is -0.823. The highest BCUT2D eigenvalue weighted by Gasteiger charge is 1.92. The van der Waals surface area contributed by atoms with Crippen LogP contribution in [0, 0.1) is 0 Å². The van der Waals surface area contributed by atoms with Gasteiger partial charge in [-0.1, -0.05) is 0 Å². The van der Waals surface area contributed by atoms with Crippen LogP contribution in [-0.2, 0) is 0 Å². The van der Waals surface area contributed by atoms with Gasteiger partial charge in [-0.25, -0.2) is 15.0 Å². The summed E-state index contributed by atoms with van der Waals surface area (Å²) < 4.78 is 0. The van der Waals surface area contributed by atoms with Gasteiger partial charge in [0.2, 0.25) is 0 Å². The van der Waals surface area contributed by atoms with Crippen molar-refractivity contribution in [2.45, 2.75) is 0 Å². The van der Waals surface area contributed by atoms with E-state index in [-0.39, 0.29) is 0 Å². The van der Waals surface area contributed by atoms with Gasteiger partial charge >= 0.3 is 7.32 Å². The van der Waals surface area contributed by atoms with Crippen LogP contribution in [0.3, 0.4) is 0 Å². The van der Waals surface area contributed by atoms with Crippen LogP contribution in [0.2, 0.25) is 0 Å². The monoisotopic (exact) mass is 266 g/mol. The molecule has 0 saturated heterocycles. The quantitative estimate of drug-likeness (QED) is 0.293. The van der Waals surface area contributed by atoms with Crippen molar-refractivity contribution in [3.05, 3.63) is 56.2 Å². The Morgan fingerprint density at radius 1 is 0.632 bits per heavy atom. The molecule has 3 heterocycles. The maximum Gasteiger partial charge on any atom is 0.631 e. The molecular weight excluding hydrogens is 251 g/mol. The van der Waals surface area contributed by atoms with Crippen molar-refractivity contribution in [3.63, 3.8) is 0 Å². The summed E-state index contributed by atoms with van der Waals surface area (Å²) in [4.78, 5) is 19.2. The molecular formula is C9H15BN6O3. The van der Waals surface area contributed by atoms with Crippen molar-refractivity contribution in [2.24, 2.45) is 0 Å². The molecule has 0 aliphatic rings. The molecule has 0 radical (unpaired) electrons. The molecule has 3 aromatic heterocycles. The maximum absolute atomic E-state index is 7.17. The first-order chi connectivity index (χ1) is 9.23. The number of nitrogens with zero attached hydrogens (tertiary/aromatic N) is 3. The zero-order chi connectivity index (χ0) is 14.2. The van der Waals surface area contributed by atoms with Crippen LogP contribution in [0.25, 0.3) is 0 Å². The molecule has 6 N–H and O–H groups in total. The highest BCUT2D eigenvalue weighted by atomic mass is 16.5. The molecule has 0 amide bonds. The summed E-state index contributed by atoms with van der Waals surface area (Å²) in [7, 11) is -2.17. The molecule has 0 spiro atoms. The molecule has 3 rings (SSSR count). The van der Waals surface area contributed by atoms with Gasteiger partial charge in [-0.3, -0.25) is 0 Å². The first kappa shape index (κ1) is 16.6. The highest BCUT2D eigenvalue weighted by molar-refractivity contribution is 6.30. The Kier molecular flexibility index (Phi) is 11.9. The number of nitrogens with one attached hydrogen (secondary N) is 3. The minimum absolute atomic E-state index is 1.62. The van der Waals surface area contributed by atoms with E-state index in [0.29, 0.717) is 0 Å². The van der Waals surface area contributed by atoms with E-state index in [2.05, 4.69) is 29.9 Å². The van der Waals surface area contributed by atoms with Crippen LogP contribution in [0.5, 0.6) is 0 Å². The van der Waals surface area contributed by atoms with Crippen LogP contribution in [0.15, 0.2) is 56.2 Å². The van der Waals surface area contributed by atoms with E-state index >= 15 is 0 Å². The topological polar surface area (TPSA) is 147 Å². The average Bonchev–Trinajstić information content (AvgIpc) is 3.18.